The monoisotopic (exact) mass is 398 g/mol. The Kier molecular flexibility index (Phi) is 6.98. The van der Waals surface area contributed by atoms with E-state index < -0.39 is 8.07 Å². The predicted molar refractivity (Wildman–Crippen MR) is 124 cm³/mol. The third-order valence-corrected chi connectivity index (χ3v) is 20.4. The van der Waals surface area contributed by atoms with Crippen molar-refractivity contribution < 1.29 is 0 Å². The van der Waals surface area contributed by atoms with E-state index in [-0.39, 0.29) is 0 Å². The maximum Gasteiger partial charge on any atom is 0.0835 e. The van der Waals surface area contributed by atoms with Gasteiger partial charge in [0.15, 0.2) is 0 Å². The van der Waals surface area contributed by atoms with Gasteiger partial charge in [0.05, 0.1) is 11.8 Å². The van der Waals surface area contributed by atoms with Crippen LogP contribution in [-0.2, 0) is 0 Å². The predicted octanol–water partition coefficient (Wildman–Crippen LogP) is 8.15. The van der Waals surface area contributed by atoms with Crippen molar-refractivity contribution in [2.45, 2.75) is 101 Å². The molecule has 0 nitrogen and oxygen atoms in total. The zero-order valence-corrected chi connectivity index (χ0v) is 20.6. The summed E-state index contributed by atoms with van der Waals surface area (Å²) in [6, 6.07) is 0. The van der Waals surface area contributed by atoms with Crippen LogP contribution < -0.4 is 0 Å². The molecule has 0 aromatic heterocycles. The minimum absolute atomic E-state index is 0.465. The Morgan fingerprint density at radius 2 is 1.72 bits per heavy atom. The van der Waals surface area contributed by atoms with Crippen molar-refractivity contribution >= 4 is 31.6 Å². The first-order valence-electron chi connectivity index (χ1n) is 10.4. The van der Waals surface area contributed by atoms with Gasteiger partial charge in [0.2, 0.25) is 0 Å². The van der Waals surface area contributed by atoms with Gasteiger partial charge in [0, 0.05) is 0 Å². The molecule has 1 aliphatic heterocycles. The van der Waals surface area contributed by atoms with E-state index in [2.05, 4.69) is 77.8 Å². The zero-order valence-electron chi connectivity index (χ0n) is 18.0. The van der Waals surface area contributed by atoms with Gasteiger partial charge in [0.25, 0.3) is 0 Å². The number of hydrogen-bond donors (Lipinski definition) is 0. The number of rotatable bonds is 5. The molecule has 0 radical (unpaired) electrons. The second-order valence-corrected chi connectivity index (χ2v) is 20.0. The molecule has 1 saturated heterocycles. The van der Waals surface area contributed by atoms with E-state index in [1.807, 2.05) is 0 Å². The molecule has 0 aromatic rings. The molecule has 1 unspecified atom stereocenters. The highest BCUT2D eigenvalue weighted by Gasteiger charge is 2.54. The van der Waals surface area contributed by atoms with Gasteiger partial charge >= 0.3 is 0 Å². The summed E-state index contributed by atoms with van der Waals surface area (Å²) in [7, 11) is -1.39. The summed E-state index contributed by atoms with van der Waals surface area (Å²) in [5, 5.41) is 0.470. The maximum atomic E-state index is 4.46. The third kappa shape index (κ3) is 4.56. The summed E-state index contributed by atoms with van der Waals surface area (Å²) in [5.41, 5.74) is 2.01. The van der Waals surface area contributed by atoms with Crippen molar-refractivity contribution in [2.24, 2.45) is 11.3 Å². The Hall–Kier alpha value is 0.657. The topological polar surface area (TPSA) is 0 Å². The second kappa shape index (κ2) is 7.95. The Morgan fingerprint density at radius 3 is 2.24 bits per heavy atom. The van der Waals surface area contributed by atoms with Crippen molar-refractivity contribution in [2.75, 3.05) is 11.5 Å². The van der Waals surface area contributed by atoms with E-state index in [1.165, 1.54) is 56.5 Å². The average Bonchev–Trinajstić information content (AvgIpc) is 2.49. The van der Waals surface area contributed by atoms with Crippen LogP contribution in [0.3, 0.4) is 0 Å². The van der Waals surface area contributed by atoms with Gasteiger partial charge in [0.1, 0.15) is 0 Å². The quantitative estimate of drug-likeness (QED) is 0.338. The van der Waals surface area contributed by atoms with Crippen LogP contribution in [0.2, 0.25) is 18.1 Å². The molecule has 3 heteroatoms. The lowest BCUT2D eigenvalue weighted by atomic mass is 9.65. The molecule has 2 fully saturated rings. The minimum atomic E-state index is -1.39. The molecule has 0 bridgehead atoms. The van der Waals surface area contributed by atoms with Crippen LogP contribution in [0.25, 0.3) is 0 Å². The van der Waals surface area contributed by atoms with E-state index >= 15 is 0 Å². The molecule has 25 heavy (non-hydrogen) atoms. The highest BCUT2D eigenvalue weighted by molar-refractivity contribution is 8.21. The van der Waals surface area contributed by atoms with Crippen molar-refractivity contribution in [1.29, 1.82) is 0 Å². The van der Waals surface area contributed by atoms with E-state index in [0.29, 0.717) is 14.2 Å². The molecule has 0 N–H and O–H groups in total. The molecule has 1 heterocycles. The van der Waals surface area contributed by atoms with Crippen LogP contribution in [0.4, 0.5) is 0 Å². The standard InChI is InChI=1S/C22H42S2Si/c1-18-12-9-14-21(5,6)19(18)13-10-15-22(23-16-11-17-24-22)25(7,8)20(2,3)4/h19H,1,9-17H2,2-8H3. The van der Waals surface area contributed by atoms with Gasteiger partial charge in [-0.1, -0.05) is 66.3 Å². The third-order valence-electron chi connectivity index (χ3n) is 7.54. The first kappa shape index (κ1) is 22.0. The summed E-state index contributed by atoms with van der Waals surface area (Å²) in [6.45, 7) is 22.3. The number of thioether (sulfide) groups is 2. The summed E-state index contributed by atoms with van der Waals surface area (Å²) in [4.78, 5) is 0. The highest BCUT2D eigenvalue weighted by Crippen LogP contribution is 2.59. The van der Waals surface area contributed by atoms with E-state index in [9.17, 15) is 0 Å². The molecular weight excluding hydrogens is 356 g/mol. The molecule has 1 atom stereocenters. The van der Waals surface area contributed by atoms with E-state index in [1.54, 1.807) is 5.57 Å². The van der Waals surface area contributed by atoms with Crippen LogP contribution in [0.1, 0.15) is 79.6 Å². The van der Waals surface area contributed by atoms with Gasteiger partial charge in [-0.2, -0.15) is 0 Å². The lowest BCUT2D eigenvalue weighted by Crippen LogP contribution is -2.57. The van der Waals surface area contributed by atoms with Gasteiger partial charge in [-0.05, 0) is 66.4 Å². The molecule has 2 rings (SSSR count). The van der Waals surface area contributed by atoms with Crippen LogP contribution in [0.5, 0.6) is 0 Å². The van der Waals surface area contributed by atoms with Crippen molar-refractivity contribution in [3.05, 3.63) is 12.2 Å². The normalized spacial score (nSPS) is 27.3. The second-order valence-electron chi connectivity index (χ2n) is 10.6. The fraction of sp³-hybridized carbons (Fsp3) is 0.909. The SMILES string of the molecule is C=C1CCCC(C)(C)C1CCCC1([Si](C)(C)C(C)(C)C)SCCCS1. The lowest BCUT2D eigenvalue weighted by Gasteiger charge is -2.53. The Morgan fingerprint density at radius 1 is 1.12 bits per heavy atom. The van der Waals surface area contributed by atoms with Crippen molar-refractivity contribution in [1.82, 2.24) is 0 Å². The van der Waals surface area contributed by atoms with E-state index in [0.717, 1.165) is 5.92 Å². The zero-order chi connectivity index (χ0) is 18.9. The fourth-order valence-electron chi connectivity index (χ4n) is 4.77. The Bertz CT molecular complexity index is 467. The van der Waals surface area contributed by atoms with Crippen LogP contribution in [-0.4, -0.2) is 23.3 Å². The van der Waals surface area contributed by atoms with Crippen molar-refractivity contribution in [3.63, 3.8) is 0 Å². The maximum absolute atomic E-state index is 4.46. The van der Waals surface area contributed by atoms with Crippen LogP contribution >= 0.6 is 23.5 Å². The van der Waals surface area contributed by atoms with Crippen molar-refractivity contribution in [3.8, 4) is 0 Å². The van der Waals surface area contributed by atoms with E-state index in [4.69, 9.17) is 0 Å². The van der Waals surface area contributed by atoms with Gasteiger partial charge in [-0.3, -0.25) is 0 Å². The first-order chi connectivity index (χ1) is 11.4. The van der Waals surface area contributed by atoms with Crippen LogP contribution in [0.15, 0.2) is 12.2 Å². The number of hydrogen-bond acceptors (Lipinski definition) is 2. The summed E-state index contributed by atoms with van der Waals surface area (Å²) in [6.07, 6.45) is 9.57. The molecule has 0 spiro atoms. The molecule has 1 saturated carbocycles. The highest BCUT2D eigenvalue weighted by atomic mass is 32.2. The average molecular weight is 399 g/mol. The number of allylic oxidation sites excluding steroid dienone is 1. The molecule has 1 aliphatic carbocycles. The largest absolute Gasteiger partial charge is 0.148 e. The minimum Gasteiger partial charge on any atom is -0.148 e. The Labute approximate surface area is 167 Å². The summed E-state index contributed by atoms with van der Waals surface area (Å²) < 4.78 is 0.518. The Balaban J connectivity index is 2.10. The molecule has 0 amide bonds. The summed E-state index contributed by atoms with van der Waals surface area (Å²) in [5.74, 6) is 3.50. The van der Waals surface area contributed by atoms with Gasteiger partial charge in [-0.15, -0.1) is 23.5 Å². The molecule has 2 aliphatic rings. The van der Waals surface area contributed by atoms with Crippen LogP contribution in [0, 0.1) is 11.3 Å². The fourth-order valence-corrected chi connectivity index (χ4v) is 14.9. The van der Waals surface area contributed by atoms with Gasteiger partial charge < -0.3 is 0 Å². The summed E-state index contributed by atoms with van der Waals surface area (Å²) >= 11 is 4.67. The first-order valence-corrected chi connectivity index (χ1v) is 15.4. The molecule has 146 valence electrons. The smallest absolute Gasteiger partial charge is 0.0835 e. The molecule has 0 aromatic carbocycles. The molecular formula is C22H42S2Si. The van der Waals surface area contributed by atoms with Gasteiger partial charge in [-0.25, -0.2) is 0 Å². The lowest BCUT2D eigenvalue weighted by molar-refractivity contribution is 0.177.